The third-order valence-corrected chi connectivity index (χ3v) is 8.52. The number of benzene rings is 4. The predicted molar refractivity (Wildman–Crippen MR) is 145 cm³/mol. The molecule has 0 atom stereocenters. The van der Waals surface area contributed by atoms with Crippen molar-refractivity contribution in [1.29, 1.82) is 0 Å². The molecule has 7 heteroatoms. The standard InChI is InChI=1S/C28H17O4PS2/c29-33(30)31-27-23(19-9-11-34-15-19)13-17-5-1-3-7-21(17)25(27)26-22-8-4-2-6-18(22)14-24(28(26)32-33)20-10-12-35-16-20/h1-16H,(H,29,30). The molecule has 0 aliphatic carbocycles. The van der Waals surface area contributed by atoms with Crippen molar-refractivity contribution in [3.63, 3.8) is 0 Å². The molecule has 4 nitrogen and oxygen atoms in total. The number of phosphoric acid groups is 1. The maximum atomic E-state index is 13.4. The minimum atomic E-state index is -4.50. The van der Waals surface area contributed by atoms with Gasteiger partial charge in [0.25, 0.3) is 0 Å². The van der Waals surface area contributed by atoms with E-state index in [-0.39, 0.29) is 0 Å². The molecule has 2 aromatic heterocycles. The molecule has 170 valence electrons. The van der Waals surface area contributed by atoms with E-state index in [2.05, 4.69) is 12.1 Å². The topological polar surface area (TPSA) is 55.8 Å². The van der Waals surface area contributed by atoms with Crippen LogP contribution in [-0.2, 0) is 4.57 Å². The summed E-state index contributed by atoms with van der Waals surface area (Å²) in [5.41, 5.74) is 4.91. The summed E-state index contributed by atoms with van der Waals surface area (Å²) in [6, 6.07) is 24.1. The van der Waals surface area contributed by atoms with Crippen molar-refractivity contribution in [3.05, 3.63) is 94.3 Å². The van der Waals surface area contributed by atoms with E-state index in [0.717, 1.165) is 54.9 Å². The summed E-state index contributed by atoms with van der Waals surface area (Å²) in [4.78, 5) is 11.0. The van der Waals surface area contributed by atoms with Crippen LogP contribution in [0.5, 0.6) is 11.5 Å². The molecule has 1 aliphatic rings. The SMILES string of the molecule is O=P1(O)Oc2c(-c3ccsc3)cc3ccccc3c2-c2c(c(-c3ccsc3)cc3ccccc23)O1. The molecule has 1 N–H and O–H groups in total. The highest BCUT2D eigenvalue weighted by Gasteiger charge is 2.37. The van der Waals surface area contributed by atoms with Gasteiger partial charge in [0.2, 0.25) is 0 Å². The summed E-state index contributed by atoms with van der Waals surface area (Å²) in [5, 5.41) is 11.9. The monoisotopic (exact) mass is 512 g/mol. The summed E-state index contributed by atoms with van der Waals surface area (Å²) in [7, 11) is -4.50. The lowest BCUT2D eigenvalue weighted by atomic mass is 9.87. The zero-order valence-corrected chi connectivity index (χ0v) is 20.7. The van der Waals surface area contributed by atoms with Crippen LogP contribution in [0.3, 0.4) is 0 Å². The van der Waals surface area contributed by atoms with Crippen molar-refractivity contribution >= 4 is 52.0 Å². The van der Waals surface area contributed by atoms with E-state index in [0.29, 0.717) is 11.5 Å². The van der Waals surface area contributed by atoms with Crippen molar-refractivity contribution < 1.29 is 18.5 Å². The molecule has 1 aliphatic heterocycles. The highest BCUT2D eigenvalue weighted by atomic mass is 32.1. The maximum absolute atomic E-state index is 13.4. The zero-order valence-electron chi connectivity index (χ0n) is 18.2. The molecule has 35 heavy (non-hydrogen) atoms. The van der Waals surface area contributed by atoms with Gasteiger partial charge in [-0.1, -0.05) is 48.5 Å². The second kappa shape index (κ2) is 7.80. The fourth-order valence-electron chi connectivity index (χ4n) is 4.86. The molecule has 0 saturated carbocycles. The van der Waals surface area contributed by atoms with E-state index in [4.69, 9.17) is 9.05 Å². The van der Waals surface area contributed by atoms with Crippen molar-refractivity contribution in [1.82, 2.24) is 0 Å². The van der Waals surface area contributed by atoms with Crippen LogP contribution in [0, 0.1) is 0 Å². The Kier molecular flexibility index (Phi) is 4.66. The number of fused-ring (bicyclic) bond motifs is 7. The Labute approximate surface area is 209 Å². The molecule has 0 unspecified atom stereocenters. The fourth-order valence-corrected chi connectivity index (χ4v) is 7.05. The third kappa shape index (κ3) is 3.33. The quantitative estimate of drug-likeness (QED) is 0.235. The average molecular weight is 513 g/mol. The molecule has 0 saturated heterocycles. The first-order chi connectivity index (χ1) is 17.1. The van der Waals surface area contributed by atoms with Gasteiger partial charge in [-0.3, -0.25) is 4.89 Å². The Morgan fingerprint density at radius 2 is 1.11 bits per heavy atom. The largest absolute Gasteiger partial charge is 0.584 e. The number of thiophene rings is 2. The van der Waals surface area contributed by atoms with E-state index in [1.807, 2.05) is 82.2 Å². The highest BCUT2D eigenvalue weighted by Crippen LogP contribution is 2.61. The van der Waals surface area contributed by atoms with Crippen molar-refractivity contribution in [2.45, 2.75) is 0 Å². The van der Waals surface area contributed by atoms with Gasteiger partial charge in [0.15, 0.2) is 0 Å². The van der Waals surface area contributed by atoms with Crippen LogP contribution in [0.1, 0.15) is 0 Å². The van der Waals surface area contributed by atoms with E-state index in [1.54, 1.807) is 22.7 Å². The van der Waals surface area contributed by atoms with E-state index in [9.17, 15) is 9.46 Å². The van der Waals surface area contributed by atoms with Gasteiger partial charge in [-0.25, -0.2) is 4.57 Å². The van der Waals surface area contributed by atoms with Crippen LogP contribution in [0.25, 0.3) is 54.9 Å². The lowest BCUT2D eigenvalue weighted by Crippen LogP contribution is -1.99. The minimum absolute atomic E-state index is 0.360. The number of hydrogen-bond acceptors (Lipinski definition) is 5. The smallest absolute Gasteiger partial charge is 0.394 e. The van der Waals surface area contributed by atoms with Crippen LogP contribution in [0.2, 0.25) is 0 Å². The van der Waals surface area contributed by atoms with Crippen LogP contribution in [-0.4, -0.2) is 4.89 Å². The lowest BCUT2D eigenvalue weighted by molar-refractivity contribution is 0.295. The Morgan fingerprint density at radius 1 is 0.657 bits per heavy atom. The Bertz CT molecular complexity index is 1660. The van der Waals surface area contributed by atoms with Crippen LogP contribution in [0.4, 0.5) is 0 Å². The van der Waals surface area contributed by atoms with E-state index in [1.165, 1.54) is 0 Å². The first-order valence-electron chi connectivity index (χ1n) is 11.0. The Balaban J connectivity index is 1.74. The molecule has 7 rings (SSSR count). The first-order valence-corrected chi connectivity index (χ1v) is 14.4. The van der Waals surface area contributed by atoms with Gasteiger partial charge in [0.05, 0.1) is 0 Å². The first kappa shape index (κ1) is 20.9. The number of hydrogen-bond donors (Lipinski definition) is 1. The average Bonchev–Trinajstić information content (AvgIpc) is 3.56. The van der Waals surface area contributed by atoms with Gasteiger partial charge in [0.1, 0.15) is 11.5 Å². The predicted octanol–water partition coefficient (Wildman–Crippen LogP) is 8.99. The second-order valence-corrected chi connectivity index (χ2v) is 11.2. The molecule has 0 radical (unpaired) electrons. The molecule has 0 fully saturated rings. The normalized spacial score (nSPS) is 14.1. The number of phosphoric ester groups is 1. The van der Waals surface area contributed by atoms with Crippen LogP contribution >= 0.6 is 30.5 Å². The van der Waals surface area contributed by atoms with Crippen LogP contribution < -0.4 is 9.05 Å². The zero-order chi connectivity index (χ0) is 23.6. The molecule has 0 bridgehead atoms. The van der Waals surface area contributed by atoms with Gasteiger partial charge < -0.3 is 9.05 Å². The second-order valence-electron chi connectivity index (χ2n) is 8.37. The summed E-state index contributed by atoms with van der Waals surface area (Å²) >= 11 is 3.13. The lowest BCUT2D eigenvalue weighted by Gasteiger charge is -2.18. The molecule has 3 heterocycles. The van der Waals surface area contributed by atoms with Gasteiger partial charge in [-0.2, -0.15) is 22.7 Å². The van der Waals surface area contributed by atoms with E-state index < -0.39 is 7.82 Å². The third-order valence-electron chi connectivity index (χ3n) is 6.33. The Morgan fingerprint density at radius 3 is 1.54 bits per heavy atom. The van der Waals surface area contributed by atoms with Crippen molar-refractivity contribution in [3.8, 4) is 44.9 Å². The van der Waals surface area contributed by atoms with Gasteiger partial charge in [0, 0.05) is 22.3 Å². The molecule has 6 aromatic rings. The summed E-state index contributed by atoms with van der Waals surface area (Å²) in [6.07, 6.45) is 0. The fraction of sp³-hybridized carbons (Fsp3) is 0. The molecule has 0 spiro atoms. The molecule has 0 amide bonds. The number of rotatable bonds is 2. The van der Waals surface area contributed by atoms with Crippen LogP contribution in [0.15, 0.2) is 94.3 Å². The maximum Gasteiger partial charge on any atom is 0.584 e. The van der Waals surface area contributed by atoms with Crippen molar-refractivity contribution in [2.75, 3.05) is 0 Å². The highest BCUT2D eigenvalue weighted by molar-refractivity contribution is 7.48. The molecular formula is C28H17O4PS2. The van der Waals surface area contributed by atoms with Crippen molar-refractivity contribution in [2.24, 2.45) is 0 Å². The van der Waals surface area contributed by atoms with Gasteiger partial charge in [-0.05, 0) is 78.5 Å². The van der Waals surface area contributed by atoms with E-state index >= 15 is 0 Å². The molecular weight excluding hydrogens is 495 g/mol. The minimum Gasteiger partial charge on any atom is -0.394 e. The molecule has 4 aromatic carbocycles. The van der Waals surface area contributed by atoms with Gasteiger partial charge in [-0.15, -0.1) is 0 Å². The summed E-state index contributed by atoms with van der Waals surface area (Å²) < 4.78 is 25.2. The Hall–Kier alpha value is -3.41. The summed E-state index contributed by atoms with van der Waals surface area (Å²) in [6.45, 7) is 0. The summed E-state index contributed by atoms with van der Waals surface area (Å²) in [5.74, 6) is 0.721. The van der Waals surface area contributed by atoms with Gasteiger partial charge >= 0.3 is 7.82 Å².